The Labute approximate surface area is 156 Å². The molecule has 0 aliphatic heterocycles. The lowest BCUT2D eigenvalue weighted by Gasteiger charge is -2.11. The van der Waals surface area contributed by atoms with Crippen molar-refractivity contribution in [2.45, 2.75) is 0 Å². The summed E-state index contributed by atoms with van der Waals surface area (Å²) in [5.41, 5.74) is 3.77. The van der Waals surface area contributed by atoms with E-state index in [1.165, 1.54) is 0 Å². The van der Waals surface area contributed by atoms with E-state index in [1.807, 2.05) is 60.9 Å². The maximum atomic E-state index is 6.50. The van der Waals surface area contributed by atoms with Gasteiger partial charge in [0, 0.05) is 17.3 Å². The van der Waals surface area contributed by atoms with Gasteiger partial charge in [0.15, 0.2) is 5.82 Å². The molecular weight excluding hydrogens is 352 g/mol. The van der Waals surface area contributed by atoms with Gasteiger partial charge in [0.25, 0.3) is 0 Å². The van der Waals surface area contributed by atoms with Crippen LogP contribution in [0.15, 0.2) is 66.2 Å². The molecule has 5 heteroatoms. The number of aromatic nitrogens is 2. The fourth-order valence-electron chi connectivity index (χ4n) is 2.47. The summed E-state index contributed by atoms with van der Waals surface area (Å²) in [4.78, 5) is 9.01. The summed E-state index contributed by atoms with van der Waals surface area (Å²) in [7, 11) is 1.63. The lowest BCUT2D eigenvalue weighted by molar-refractivity contribution is 0.415. The summed E-state index contributed by atoms with van der Waals surface area (Å²) in [6.45, 7) is 0. The zero-order chi connectivity index (χ0) is 17.6. The largest absolute Gasteiger partial charge is 0.497 e. The number of rotatable bonds is 5. The van der Waals surface area contributed by atoms with Gasteiger partial charge in [0.2, 0.25) is 0 Å². The van der Waals surface area contributed by atoms with Crippen molar-refractivity contribution in [1.29, 1.82) is 0 Å². The fraction of sp³-hybridized carbons (Fsp3) is 0.100. The highest BCUT2D eigenvalue weighted by molar-refractivity contribution is 8.01. The molecule has 0 radical (unpaired) electrons. The van der Waals surface area contributed by atoms with Gasteiger partial charge < -0.3 is 4.74 Å². The van der Waals surface area contributed by atoms with Gasteiger partial charge in [-0.25, -0.2) is 9.97 Å². The number of hydrogen-bond acceptors (Lipinski definition) is 4. The van der Waals surface area contributed by atoms with E-state index in [4.69, 9.17) is 16.3 Å². The van der Waals surface area contributed by atoms with Crippen molar-refractivity contribution in [1.82, 2.24) is 9.97 Å². The third kappa shape index (κ3) is 4.03. The van der Waals surface area contributed by atoms with Gasteiger partial charge in [-0.1, -0.05) is 54.1 Å². The first kappa shape index (κ1) is 17.5. The zero-order valence-corrected chi connectivity index (χ0v) is 15.5. The third-order valence-electron chi connectivity index (χ3n) is 3.68. The SMILES string of the molecule is COc1cccc(-c2ncc(/C(=C\SC)c3ccccc3)c(Cl)n2)c1. The first-order chi connectivity index (χ1) is 12.2. The Morgan fingerprint density at radius 3 is 2.60 bits per heavy atom. The van der Waals surface area contributed by atoms with Crippen LogP contribution in [-0.4, -0.2) is 23.3 Å². The predicted octanol–water partition coefficient (Wildman–Crippen LogP) is 5.56. The molecule has 0 unspecified atom stereocenters. The molecule has 0 N–H and O–H groups in total. The van der Waals surface area contributed by atoms with E-state index in [9.17, 15) is 0 Å². The molecule has 0 fully saturated rings. The fourth-order valence-corrected chi connectivity index (χ4v) is 3.19. The second-order valence-electron chi connectivity index (χ2n) is 5.26. The molecule has 1 aromatic heterocycles. The first-order valence-electron chi connectivity index (χ1n) is 7.68. The molecule has 0 saturated carbocycles. The van der Waals surface area contributed by atoms with E-state index in [0.717, 1.165) is 28.0 Å². The lowest BCUT2D eigenvalue weighted by atomic mass is 10.0. The van der Waals surface area contributed by atoms with Crippen molar-refractivity contribution in [2.75, 3.05) is 13.4 Å². The number of thioether (sulfide) groups is 1. The highest BCUT2D eigenvalue weighted by Gasteiger charge is 2.13. The average Bonchev–Trinajstić information content (AvgIpc) is 2.67. The molecule has 0 saturated heterocycles. The van der Waals surface area contributed by atoms with Gasteiger partial charge in [-0.15, -0.1) is 11.8 Å². The number of benzene rings is 2. The van der Waals surface area contributed by atoms with Gasteiger partial charge in [0.1, 0.15) is 10.9 Å². The minimum absolute atomic E-state index is 0.428. The Morgan fingerprint density at radius 2 is 1.92 bits per heavy atom. The highest BCUT2D eigenvalue weighted by atomic mass is 35.5. The summed E-state index contributed by atoms with van der Waals surface area (Å²) < 4.78 is 5.26. The van der Waals surface area contributed by atoms with Crippen LogP contribution in [0.3, 0.4) is 0 Å². The molecule has 0 bridgehead atoms. The molecule has 2 aromatic carbocycles. The minimum Gasteiger partial charge on any atom is -0.497 e. The molecule has 0 aliphatic carbocycles. The number of methoxy groups -OCH3 is 1. The normalized spacial score (nSPS) is 11.4. The molecule has 3 rings (SSSR count). The van der Waals surface area contributed by atoms with Gasteiger partial charge in [-0.3, -0.25) is 0 Å². The molecule has 0 amide bonds. The zero-order valence-electron chi connectivity index (χ0n) is 13.9. The van der Waals surface area contributed by atoms with Crippen LogP contribution in [0.5, 0.6) is 5.75 Å². The quantitative estimate of drug-likeness (QED) is 0.552. The lowest BCUT2D eigenvalue weighted by Crippen LogP contribution is -1.96. The van der Waals surface area contributed by atoms with Crippen molar-refractivity contribution in [3.8, 4) is 17.1 Å². The van der Waals surface area contributed by atoms with E-state index in [1.54, 1.807) is 25.1 Å². The second-order valence-corrected chi connectivity index (χ2v) is 6.33. The summed E-state index contributed by atoms with van der Waals surface area (Å²) in [5.74, 6) is 1.33. The van der Waals surface area contributed by atoms with E-state index in [0.29, 0.717) is 11.0 Å². The van der Waals surface area contributed by atoms with Crippen molar-refractivity contribution in [3.05, 3.63) is 82.5 Å². The van der Waals surface area contributed by atoms with Gasteiger partial charge in [-0.2, -0.15) is 0 Å². The Kier molecular flexibility index (Phi) is 5.74. The van der Waals surface area contributed by atoms with Crippen LogP contribution in [0.4, 0.5) is 0 Å². The molecule has 25 heavy (non-hydrogen) atoms. The minimum atomic E-state index is 0.428. The summed E-state index contributed by atoms with van der Waals surface area (Å²) in [5, 5.41) is 2.49. The monoisotopic (exact) mass is 368 g/mol. The van der Waals surface area contributed by atoms with Crippen molar-refractivity contribution in [3.63, 3.8) is 0 Å². The van der Waals surface area contributed by atoms with E-state index in [2.05, 4.69) is 15.4 Å². The number of ether oxygens (including phenoxy) is 1. The standard InChI is InChI=1S/C20H17ClN2OS/c1-24-16-10-6-9-15(11-16)20-22-12-17(19(21)23-20)18(13-25-2)14-7-4-3-5-8-14/h3-13H,1-2H3/b18-13-. The van der Waals surface area contributed by atoms with Crippen LogP contribution in [0.25, 0.3) is 17.0 Å². The number of halogens is 1. The molecule has 0 atom stereocenters. The van der Waals surface area contributed by atoms with Gasteiger partial charge in [0.05, 0.1) is 7.11 Å². The summed E-state index contributed by atoms with van der Waals surface area (Å²) >= 11 is 8.12. The Hall–Kier alpha value is -2.30. The number of hydrogen-bond donors (Lipinski definition) is 0. The van der Waals surface area contributed by atoms with Crippen LogP contribution < -0.4 is 4.74 Å². The summed E-state index contributed by atoms with van der Waals surface area (Å²) in [6.07, 6.45) is 3.79. The van der Waals surface area contributed by atoms with Gasteiger partial charge >= 0.3 is 0 Å². The molecule has 3 aromatic rings. The molecule has 126 valence electrons. The van der Waals surface area contributed by atoms with Crippen LogP contribution in [-0.2, 0) is 0 Å². The van der Waals surface area contributed by atoms with Crippen LogP contribution in [0, 0.1) is 0 Å². The molecular formula is C20H17ClN2OS. The van der Waals surface area contributed by atoms with E-state index < -0.39 is 0 Å². The number of nitrogens with zero attached hydrogens (tertiary/aromatic N) is 2. The molecule has 3 nitrogen and oxygen atoms in total. The first-order valence-corrected chi connectivity index (χ1v) is 9.35. The topological polar surface area (TPSA) is 35.0 Å². The molecule has 0 aliphatic rings. The smallest absolute Gasteiger partial charge is 0.161 e. The Balaban J connectivity index is 2.02. The predicted molar refractivity (Wildman–Crippen MR) is 106 cm³/mol. The van der Waals surface area contributed by atoms with Crippen molar-refractivity contribution in [2.24, 2.45) is 0 Å². The Morgan fingerprint density at radius 1 is 1.12 bits per heavy atom. The summed E-state index contributed by atoms with van der Waals surface area (Å²) in [6, 6.07) is 17.7. The van der Waals surface area contributed by atoms with Crippen LogP contribution >= 0.6 is 23.4 Å². The molecule has 0 spiro atoms. The maximum Gasteiger partial charge on any atom is 0.161 e. The van der Waals surface area contributed by atoms with E-state index >= 15 is 0 Å². The third-order valence-corrected chi connectivity index (χ3v) is 4.44. The highest BCUT2D eigenvalue weighted by Crippen LogP contribution is 2.31. The van der Waals surface area contributed by atoms with Crippen LogP contribution in [0.2, 0.25) is 5.15 Å². The van der Waals surface area contributed by atoms with E-state index in [-0.39, 0.29) is 0 Å². The average molecular weight is 369 g/mol. The van der Waals surface area contributed by atoms with Gasteiger partial charge in [-0.05, 0) is 34.9 Å². The maximum absolute atomic E-state index is 6.50. The van der Waals surface area contributed by atoms with Crippen LogP contribution in [0.1, 0.15) is 11.1 Å². The van der Waals surface area contributed by atoms with Crippen molar-refractivity contribution >= 4 is 28.9 Å². The Bertz CT molecular complexity index is 897. The van der Waals surface area contributed by atoms with Crippen molar-refractivity contribution < 1.29 is 4.74 Å². The molecule has 1 heterocycles. The second kappa shape index (κ2) is 8.19.